The second kappa shape index (κ2) is 6.20. The van der Waals surface area contributed by atoms with Crippen molar-refractivity contribution < 1.29 is 14.6 Å². The molecule has 0 bridgehead atoms. The van der Waals surface area contributed by atoms with Gasteiger partial charge in [-0.05, 0) is 32.7 Å². The second-order valence-electron chi connectivity index (χ2n) is 5.88. The van der Waals surface area contributed by atoms with Crippen molar-refractivity contribution in [3.05, 3.63) is 0 Å². The maximum absolute atomic E-state index is 12.9. The first kappa shape index (κ1) is 14.8. The van der Waals surface area contributed by atoms with Crippen LogP contribution in [0, 0.1) is 5.41 Å². The molecular formula is C14H26N2O3. The lowest BCUT2D eigenvalue weighted by Crippen LogP contribution is -2.57. The Morgan fingerprint density at radius 1 is 1.53 bits per heavy atom. The summed E-state index contributed by atoms with van der Waals surface area (Å²) in [6, 6.07) is 0. The van der Waals surface area contributed by atoms with Crippen LogP contribution < -0.4 is 5.32 Å². The molecule has 2 N–H and O–H groups in total. The van der Waals surface area contributed by atoms with Gasteiger partial charge >= 0.3 is 0 Å². The van der Waals surface area contributed by atoms with Gasteiger partial charge in [0.25, 0.3) is 0 Å². The minimum absolute atomic E-state index is 0.000283. The fourth-order valence-corrected chi connectivity index (χ4v) is 3.25. The molecule has 2 aliphatic rings. The van der Waals surface area contributed by atoms with Gasteiger partial charge in [-0.1, -0.05) is 6.92 Å². The molecule has 0 radical (unpaired) electrons. The van der Waals surface area contributed by atoms with Gasteiger partial charge in [0.05, 0.1) is 24.2 Å². The van der Waals surface area contributed by atoms with Crippen LogP contribution in [-0.4, -0.2) is 60.9 Å². The number of carbonyl (C=O) groups excluding carboxylic acids is 1. The average molecular weight is 270 g/mol. The lowest BCUT2D eigenvalue weighted by molar-refractivity contribution is -0.158. The van der Waals surface area contributed by atoms with Crippen molar-refractivity contribution in [2.45, 2.75) is 45.3 Å². The van der Waals surface area contributed by atoms with E-state index in [4.69, 9.17) is 4.74 Å². The van der Waals surface area contributed by atoms with Crippen LogP contribution in [0.4, 0.5) is 0 Å². The Bertz CT molecular complexity index is 316. The first-order valence-corrected chi connectivity index (χ1v) is 7.37. The molecule has 1 amide bonds. The maximum atomic E-state index is 12.9. The van der Waals surface area contributed by atoms with Gasteiger partial charge in [0.15, 0.2) is 0 Å². The third-order valence-electron chi connectivity index (χ3n) is 4.42. The zero-order valence-electron chi connectivity index (χ0n) is 12.0. The molecule has 2 rings (SSSR count). The highest BCUT2D eigenvalue weighted by atomic mass is 16.5. The number of nitrogens with zero attached hydrogens (tertiary/aromatic N) is 1. The highest BCUT2D eigenvalue weighted by molar-refractivity contribution is 5.83. The number of rotatable bonds is 3. The largest absolute Gasteiger partial charge is 0.394 e. The molecule has 0 aliphatic carbocycles. The van der Waals surface area contributed by atoms with E-state index in [9.17, 15) is 9.90 Å². The van der Waals surface area contributed by atoms with Crippen LogP contribution in [0.15, 0.2) is 0 Å². The quantitative estimate of drug-likeness (QED) is 0.778. The van der Waals surface area contributed by atoms with Crippen molar-refractivity contribution in [3.63, 3.8) is 0 Å². The Morgan fingerprint density at radius 2 is 2.32 bits per heavy atom. The highest BCUT2D eigenvalue weighted by Crippen LogP contribution is 2.33. The molecule has 2 heterocycles. The number of aliphatic hydroxyl groups is 1. The summed E-state index contributed by atoms with van der Waals surface area (Å²) in [6.07, 6.45) is 2.65. The third-order valence-corrected chi connectivity index (χ3v) is 4.42. The van der Waals surface area contributed by atoms with Gasteiger partial charge in [-0.2, -0.15) is 0 Å². The second-order valence-corrected chi connectivity index (χ2v) is 5.88. The number of aliphatic hydroxyl groups excluding tert-OH is 1. The standard InChI is InChI=1S/C14H26N2O3/c1-3-14(5-4-6-15-10-14)13(18)16-7-11(2)19-12(8-16)9-17/h11-12,15,17H,3-10H2,1-2H3. The van der Waals surface area contributed by atoms with Gasteiger partial charge < -0.3 is 20.1 Å². The molecule has 110 valence electrons. The molecule has 2 aliphatic heterocycles. The summed E-state index contributed by atoms with van der Waals surface area (Å²) in [6.45, 7) is 6.97. The number of piperidine rings is 1. The molecule has 0 saturated carbocycles. The van der Waals surface area contributed by atoms with E-state index in [1.807, 2.05) is 11.8 Å². The van der Waals surface area contributed by atoms with Crippen molar-refractivity contribution in [1.29, 1.82) is 0 Å². The van der Waals surface area contributed by atoms with E-state index in [1.54, 1.807) is 0 Å². The summed E-state index contributed by atoms with van der Waals surface area (Å²) in [7, 11) is 0. The highest BCUT2D eigenvalue weighted by Gasteiger charge is 2.42. The lowest BCUT2D eigenvalue weighted by atomic mass is 9.77. The molecule has 3 atom stereocenters. The Morgan fingerprint density at radius 3 is 2.89 bits per heavy atom. The minimum Gasteiger partial charge on any atom is -0.394 e. The molecule has 5 heteroatoms. The maximum Gasteiger partial charge on any atom is 0.230 e. The number of ether oxygens (including phenoxy) is 1. The lowest BCUT2D eigenvalue weighted by Gasteiger charge is -2.43. The molecule has 3 unspecified atom stereocenters. The van der Waals surface area contributed by atoms with E-state index >= 15 is 0 Å². The van der Waals surface area contributed by atoms with Crippen molar-refractivity contribution >= 4 is 5.91 Å². The first-order valence-electron chi connectivity index (χ1n) is 7.37. The molecule has 0 aromatic rings. The minimum atomic E-state index is -0.255. The van der Waals surface area contributed by atoms with E-state index in [-0.39, 0.29) is 30.1 Å². The summed E-state index contributed by atoms with van der Waals surface area (Å²) in [5.74, 6) is 0.232. The van der Waals surface area contributed by atoms with E-state index in [1.165, 1.54) is 0 Å². The van der Waals surface area contributed by atoms with E-state index < -0.39 is 0 Å². The molecule has 5 nitrogen and oxygen atoms in total. The van der Waals surface area contributed by atoms with Crippen molar-refractivity contribution in [2.75, 3.05) is 32.8 Å². The van der Waals surface area contributed by atoms with Crippen LogP contribution in [0.5, 0.6) is 0 Å². The number of amides is 1. The number of morpholine rings is 1. The molecule has 0 aromatic carbocycles. The van der Waals surface area contributed by atoms with Gasteiger partial charge in [0, 0.05) is 19.6 Å². The van der Waals surface area contributed by atoms with Crippen LogP contribution in [0.1, 0.15) is 33.1 Å². The van der Waals surface area contributed by atoms with Crippen molar-refractivity contribution in [2.24, 2.45) is 5.41 Å². The van der Waals surface area contributed by atoms with Crippen LogP contribution >= 0.6 is 0 Å². The predicted molar refractivity (Wildman–Crippen MR) is 72.8 cm³/mol. The number of hydrogen-bond donors (Lipinski definition) is 2. The zero-order valence-corrected chi connectivity index (χ0v) is 12.0. The Kier molecular flexibility index (Phi) is 4.81. The molecular weight excluding hydrogens is 244 g/mol. The molecule has 0 aromatic heterocycles. The smallest absolute Gasteiger partial charge is 0.230 e. The Balaban J connectivity index is 2.08. The van der Waals surface area contributed by atoms with Crippen molar-refractivity contribution in [3.8, 4) is 0 Å². The fraction of sp³-hybridized carbons (Fsp3) is 0.929. The number of hydrogen-bond acceptors (Lipinski definition) is 4. The summed E-state index contributed by atoms with van der Waals surface area (Å²) in [5, 5.41) is 12.6. The third kappa shape index (κ3) is 3.09. The summed E-state index contributed by atoms with van der Waals surface area (Å²) < 4.78 is 5.61. The normalized spacial score (nSPS) is 36.3. The SMILES string of the molecule is CCC1(C(=O)N2CC(C)OC(CO)C2)CCCNC1. The van der Waals surface area contributed by atoms with Crippen LogP contribution in [0.25, 0.3) is 0 Å². The fourth-order valence-electron chi connectivity index (χ4n) is 3.25. The monoisotopic (exact) mass is 270 g/mol. The molecule has 2 saturated heterocycles. The van der Waals surface area contributed by atoms with Gasteiger partial charge in [-0.3, -0.25) is 4.79 Å². The Hall–Kier alpha value is -0.650. The van der Waals surface area contributed by atoms with Crippen LogP contribution in [0.3, 0.4) is 0 Å². The van der Waals surface area contributed by atoms with Crippen molar-refractivity contribution in [1.82, 2.24) is 10.2 Å². The van der Waals surface area contributed by atoms with Crippen LogP contribution in [0.2, 0.25) is 0 Å². The summed E-state index contributed by atoms with van der Waals surface area (Å²) >= 11 is 0. The van der Waals surface area contributed by atoms with Gasteiger partial charge in [-0.15, -0.1) is 0 Å². The average Bonchev–Trinajstić information content (AvgIpc) is 2.46. The summed E-state index contributed by atoms with van der Waals surface area (Å²) in [4.78, 5) is 14.8. The Labute approximate surface area is 115 Å². The predicted octanol–water partition coefficient (Wildman–Crippen LogP) is 0.374. The topological polar surface area (TPSA) is 61.8 Å². The van der Waals surface area contributed by atoms with Crippen LogP contribution in [-0.2, 0) is 9.53 Å². The zero-order chi connectivity index (χ0) is 13.9. The number of nitrogens with one attached hydrogen (secondary N) is 1. The molecule has 19 heavy (non-hydrogen) atoms. The van der Waals surface area contributed by atoms with Gasteiger partial charge in [0.1, 0.15) is 0 Å². The van der Waals surface area contributed by atoms with E-state index in [2.05, 4.69) is 12.2 Å². The van der Waals surface area contributed by atoms with E-state index in [0.29, 0.717) is 13.1 Å². The van der Waals surface area contributed by atoms with Gasteiger partial charge in [0.2, 0.25) is 5.91 Å². The molecule has 0 spiro atoms. The van der Waals surface area contributed by atoms with Gasteiger partial charge in [-0.25, -0.2) is 0 Å². The van der Waals surface area contributed by atoms with E-state index in [0.717, 1.165) is 32.4 Å². The summed E-state index contributed by atoms with van der Waals surface area (Å²) in [5.41, 5.74) is -0.255. The number of carbonyl (C=O) groups is 1. The molecule has 2 fully saturated rings. The first-order chi connectivity index (χ1) is 9.11.